The van der Waals surface area contributed by atoms with Crippen molar-refractivity contribution in [2.45, 2.75) is 57.4 Å². The molecule has 0 aromatic carbocycles. The first-order valence-corrected chi connectivity index (χ1v) is 9.05. The van der Waals surface area contributed by atoms with Crippen LogP contribution in [0.2, 0.25) is 0 Å². The molecule has 4 heteroatoms. The number of rotatable bonds is 4. The Morgan fingerprint density at radius 2 is 1.81 bits per heavy atom. The van der Waals surface area contributed by atoms with Crippen LogP contribution in [-0.4, -0.2) is 49.6 Å². The highest BCUT2D eigenvalue weighted by Crippen LogP contribution is 2.27. The van der Waals surface area contributed by atoms with E-state index in [1.807, 2.05) is 0 Å². The van der Waals surface area contributed by atoms with Crippen LogP contribution in [0.1, 0.15) is 51.4 Å². The van der Waals surface area contributed by atoms with Crippen LogP contribution in [0.25, 0.3) is 0 Å². The lowest BCUT2D eigenvalue weighted by atomic mass is 9.94. The molecule has 3 rings (SSSR count). The van der Waals surface area contributed by atoms with Gasteiger partial charge in [-0.3, -0.25) is 4.79 Å². The van der Waals surface area contributed by atoms with Crippen molar-refractivity contribution in [1.29, 1.82) is 0 Å². The Balaban J connectivity index is 1.37. The van der Waals surface area contributed by atoms with Crippen molar-refractivity contribution in [3.63, 3.8) is 0 Å². The molecule has 3 fully saturated rings. The van der Waals surface area contributed by atoms with E-state index in [1.165, 1.54) is 51.6 Å². The molecule has 2 saturated heterocycles. The average molecular weight is 293 g/mol. The monoisotopic (exact) mass is 293 g/mol. The summed E-state index contributed by atoms with van der Waals surface area (Å²) in [6.07, 6.45) is 10.3. The van der Waals surface area contributed by atoms with Crippen LogP contribution in [0, 0.1) is 11.8 Å². The van der Waals surface area contributed by atoms with Crippen LogP contribution in [0.15, 0.2) is 0 Å². The lowest BCUT2D eigenvalue weighted by Crippen LogP contribution is -2.40. The molecule has 2 aliphatic heterocycles. The van der Waals surface area contributed by atoms with E-state index in [2.05, 4.69) is 15.5 Å². The fraction of sp³-hybridized carbons (Fsp3) is 0.941. The van der Waals surface area contributed by atoms with Gasteiger partial charge in [-0.2, -0.15) is 0 Å². The number of amides is 1. The third kappa shape index (κ3) is 4.19. The van der Waals surface area contributed by atoms with Gasteiger partial charge in [-0.1, -0.05) is 19.3 Å². The van der Waals surface area contributed by atoms with Crippen LogP contribution >= 0.6 is 0 Å². The van der Waals surface area contributed by atoms with Gasteiger partial charge in [-0.25, -0.2) is 0 Å². The minimum atomic E-state index is 0.252. The molecule has 1 aliphatic carbocycles. The SMILES string of the molecule is O=C(NC[C@@H]1CCN(C2CCCCC2)C1)C1CCNCC1. The fourth-order valence-electron chi connectivity index (χ4n) is 4.28. The zero-order chi connectivity index (χ0) is 14.5. The van der Waals surface area contributed by atoms with Gasteiger partial charge in [0.1, 0.15) is 0 Å². The van der Waals surface area contributed by atoms with E-state index >= 15 is 0 Å². The zero-order valence-electron chi connectivity index (χ0n) is 13.3. The van der Waals surface area contributed by atoms with Gasteiger partial charge in [0.2, 0.25) is 5.91 Å². The van der Waals surface area contributed by atoms with Gasteiger partial charge in [0.15, 0.2) is 0 Å². The molecule has 2 N–H and O–H groups in total. The van der Waals surface area contributed by atoms with Crippen LogP contribution in [0.5, 0.6) is 0 Å². The van der Waals surface area contributed by atoms with E-state index < -0.39 is 0 Å². The normalized spacial score (nSPS) is 29.6. The molecule has 3 aliphatic rings. The van der Waals surface area contributed by atoms with Crippen LogP contribution in [0.4, 0.5) is 0 Å². The average Bonchev–Trinajstić information content (AvgIpc) is 3.03. The Kier molecular flexibility index (Phi) is 5.53. The van der Waals surface area contributed by atoms with E-state index in [4.69, 9.17) is 0 Å². The molecule has 0 unspecified atom stereocenters. The van der Waals surface area contributed by atoms with Crippen LogP contribution in [-0.2, 0) is 4.79 Å². The predicted molar refractivity (Wildman–Crippen MR) is 85.2 cm³/mol. The number of likely N-dealkylation sites (tertiary alicyclic amines) is 1. The molecule has 120 valence electrons. The summed E-state index contributed by atoms with van der Waals surface area (Å²) in [6, 6.07) is 0.837. The number of hydrogen-bond donors (Lipinski definition) is 2. The van der Waals surface area contributed by atoms with Gasteiger partial charge in [0, 0.05) is 25.0 Å². The number of carbonyl (C=O) groups is 1. The Morgan fingerprint density at radius 1 is 1.05 bits per heavy atom. The van der Waals surface area contributed by atoms with E-state index in [-0.39, 0.29) is 5.92 Å². The van der Waals surface area contributed by atoms with Crippen molar-refractivity contribution in [2.75, 3.05) is 32.7 Å². The maximum atomic E-state index is 12.2. The molecule has 0 spiro atoms. The third-order valence-electron chi connectivity index (χ3n) is 5.68. The number of nitrogens with one attached hydrogen (secondary N) is 2. The van der Waals surface area contributed by atoms with Crippen LogP contribution < -0.4 is 10.6 Å². The van der Waals surface area contributed by atoms with Crippen molar-refractivity contribution >= 4 is 5.91 Å². The molecule has 0 aromatic rings. The summed E-state index contributed by atoms with van der Waals surface area (Å²) < 4.78 is 0. The van der Waals surface area contributed by atoms with E-state index in [0.717, 1.165) is 38.5 Å². The van der Waals surface area contributed by atoms with Gasteiger partial charge in [0.25, 0.3) is 0 Å². The third-order valence-corrected chi connectivity index (χ3v) is 5.68. The van der Waals surface area contributed by atoms with Crippen molar-refractivity contribution in [3.05, 3.63) is 0 Å². The summed E-state index contributed by atoms with van der Waals surface area (Å²) in [4.78, 5) is 14.9. The Bertz CT molecular complexity index is 335. The molecular formula is C17H31N3O. The summed E-state index contributed by atoms with van der Waals surface area (Å²) in [7, 11) is 0. The molecule has 1 amide bonds. The van der Waals surface area contributed by atoms with Gasteiger partial charge < -0.3 is 15.5 Å². The van der Waals surface area contributed by atoms with Gasteiger partial charge in [0.05, 0.1) is 0 Å². The smallest absolute Gasteiger partial charge is 0.223 e. The van der Waals surface area contributed by atoms with Gasteiger partial charge in [-0.15, -0.1) is 0 Å². The fourth-order valence-corrected chi connectivity index (χ4v) is 4.28. The summed E-state index contributed by atoms with van der Waals surface area (Å²) in [5, 5.41) is 6.55. The van der Waals surface area contributed by atoms with Gasteiger partial charge in [-0.05, 0) is 57.7 Å². The summed E-state index contributed by atoms with van der Waals surface area (Å²) in [5.74, 6) is 1.23. The Hall–Kier alpha value is -0.610. The van der Waals surface area contributed by atoms with Crippen molar-refractivity contribution in [3.8, 4) is 0 Å². The minimum absolute atomic E-state index is 0.252. The molecule has 1 atom stereocenters. The highest BCUT2D eigenvalue weighted by Gasteiger charge is 2.29. The molecule has 4 nitrogen and oxygen atoms in total. The molecule has 0 radical (unpaired) electrons. The summed E-state index contributed by atoms with van der Waals surface area (Å²) >= 11 is 0. The molecule has 21 heavy (non-hydrogen) atoms. The lowest BCUT2D eigenvalue weighted by molar-refractivity contribution is -0.125. The summed E-state index contributed by atoms with van der Waals surface area (Å²) in [5.41, 5.74) is 0. The quantitative estimate of drug-likeness (QED) is 0.830. The first kappa shape index (κ1) is 15.3. The largest absolute Gasteiger partial charge is 0.356 e. The van der Waals surface area contributed by atoms with E-state index in [0.29, 0.717) is 11.8 Å². The number of nitrogens with zero attached hydrogens (tertiary/aromatic N) is 1. The number of piperidine rings is 1. The molecular weight excluding hydrogens is 262 g/mol. The van der Waals surface area contributed by atoms with Crippen LogP contribution in [0.3, 0.4) is 0 Å². The molecule has 2 heterocycles. The Morgan fingerprint density at radius 3 is 2.57 bits per heavy atom. The van der Waals surface area contributed by atoms with Crippen molar-refractivity contribution in [1.82, 2.24) is 15.5 Å². The Labute approximate surface area is 129 Å². The molecule has 0 aromatic heterocycles. The first-order valence-electron chi connectivity index (χ1n) is 9.05. The number of hydrogen-bond acceptors (Lipinski definition) is 3. The first-order chi connectivity index (χ1) is 10.3. The van der Waals surface area contributed by atoms with Crippen molar-refractivity contribution < 1.29 is 4.79 Å². The topological polar surface area (TPSA) is 44.4 Å². The predicted octanol–water partition coefficient (Wildman–Crippen LogP) is 1.76. The maximum Gasteiger partial charge on any atom is 0.223 e. The molecule has 0 bridgehead atoms. The zero-order valence-corrected chi connectivity index (χ0v) is 13.3. The standard InChI is InChI=1S/C17H31N3O/c21-17(15-6-9-18-10-7-15)19-12-14-8-11-20(13-14)16-4-2-1-3-5-16/h14-16,18H,1-13H2,(H,19,21)/t14-/m0/s1. The van der Waals surface area contributed by atoms with E-state index in [1.54, 1.807) is 0 Å². The summed E-state index contributed by atoms with van der Waals surface area (Å²) in [6.45, 7) is 5.34. The van der Waals surface area contributed by atoms with Crippen molar-refractivity contribution in [2.24, 2.45) is 11.8 Å². The highest BCUT2D eigenvalue weighted by molar-refractivity contribution is 5.78. The molecule has 1 saturated carbocycles. The van der Waals surface area contributed by atoms with E-state index in [9.17, 15) is 4.79 Å². The highest BCUT2D eigenvalue weighted by atomic mass is 16.1. The second-order valence-electron chi connectivity index (χ2n) is 7.21. The lowest BCUT2D eigenvalue weighted by Gasteiger charge is -2.31. The maximum absolute atomic E-state index is 12.2. The minimum Gasteiger partial charge on any atom is -0.356 e. The second-order valence-corrected chi connectivity index (χ2v) is 7.21. The second kappa shape index (κ2) is 7.59. The number of carbonyl (C=O) groups excluding carboxylic acids is 1. The van der Waals surface area contributed by atoms with Gasteiger partial charge >= 0.3 is 0 Å².